The number of hydrogen-bond donors (Lipinski definition) is 1. The minimum atomic E-state index is -3.88. The van der Waals surface area contributed by atoms with Gasteiger partial charge in [-0.15, -0.1) is 0 Å². The summed E-state index contributed by atoms with van der Waals surface area (Å²) in [6.45, 7) is 0.831. The molecule has 0 bridgehead atoms. The van der Waals surface area contributed by atoms with E-state index in [2.05, 4.69) is 20.7 Å². The van der Waals surface area contributed by atoms with Crippen molar-refractivity contribution in [3.05, 3.63) is 22.7 Å². The monoisotopic (exact) mass is 417 g/mol. The molecular formula is C11H13BrClNO5S2. The molecule has 0 atom stereocenters. The normalized spacial score (nSPS) is 17.6. The Morgan fingerprint density at radius 1 is 1.19 bits per heavy atom. The maximum absolute atomic E-state index is 12.2. The van der Waals surface area contributed by atoms with E-state index in [0.717, 1.165) is 0 Å². The Balaban J connectivity index is 2.22. The summed E-state index contributed by atoms with van der Waals surface area (Å²) in [6.07, 6.45) is 0.870. The van der Waals surface area contributed by atoms with Crippen LogP contribution >= 0.6 is 26.6 Å². The summed E-state index contributed by atoms with van der Waals surface area (Å²) in [6, 6.07) is 3.97. The number of halogens is 2. The summed E-state index contributed by atoms with van der Waals surface area (Å²) in [5.74, 6) is 0. The Bertz CT molecular complexity index is 729. The van der Waals surface area contributed by atoms with E-state index in [9.17, 15) is 16.8 Å². The van der Waals surface area contributed by atoms with Crippen LogP contribution in [0.3, 0.4) is 0 Å². The highest BCUT2D eigenvalue weighted by Crippen LogP contribution is 2.29. The Kier molecular flexibility index (Phi) is 5.19. The molecule has 2 rings (SSSR count). The van der Waals surface area contributed by atoms with Crippen molar-refractivity contribution in [2.75, 3.05) is 17.9 Å². The van der Waals surface area contributed by atoms with Gasteiger partial charge < -0.3 is 4.74 Å². The van der Waals surface area contributed by atoms with Crippen LogP contribution in [-0.2, 0) is 23.8 Å². The molecule has 10 heteroatoms. The lowest BCUT2D eigenvalue weighted by atomic mass is 10.2. The molecule has 0 aliphatic carbocycles. The van der Waals surface area contributed by atoms with E-state index in [-0.39, 0.29) is 15.1 Å². The van der Waals surface area contributed by atoms with Crippen molar-refractivity contribution in [1.29, 1.82) is 0 Å². The maximum Gasteiger partial charge on any atom is 0.262 e. The third-order valence-electron chi connectivity index (χ3n) is 3.06. The van der Waals surface area contributed by atoms with Gasteiger partial charge in [0, 0.05) is 34.1 Å². The highest BCUT2D eigenvalue weighted by molar-refractivity contribution is 9.10. The van der Waals surface area contributed by atoms with Crippen LogP contribution in [0.2, 0.25) is 0 Å². The number of rotatable bonds is 4. The molecule has 0 spiro atoms. The predicted octanol–water partition coefficient (Wildman–Crippen LogP) is 2.30. The van der Waals surface area contributed by atoms with E-state index in [1.165, 1.54) is 18.2 Å². The van der Waals surface area contributed by atoms with E-state index >= 15 is 0 Å². The molecule has 0 aromatic heterocycles. The van der Waals surface area contributed by atoms with E-state index in [1.807, 2.05) is 0 Å². The van der Waals surface area contributed by atoms with Gasteiger partial charge in [-0.3, -0.25) is 4.72 Å². The topological polar surface area (TPSA) is 89.5 Å². The van der Waals surface area contributed by atoms with Gasteiger partial charge in [0.25, 0.3) is 9.05 Å². The first kappa shape index (κ1) is 17.0. The molecule has 0 radical (unpaired) electrons. The summed E-state index contributed by atoms with van der Waals surface area (Å²) in [5, 5.41) is -0.513. The fourth-order valence-electron chi connectivity index (χ4n) is 2.00. The van der Waals surface area contributed by atoms with Crippen LogP contribution in [-0.4, -0.2) is 35.3 Å². The summed E-state index contributed by atoms with van der Waals surface area (Å²) in [5.41, 5.74) is 0.275. The second-order valence-corrected chi connectivity index (χ2v) is 9.89. The van der Waals surface area contributed by atoms with Crippen LogP contribution in [0.15, 0.2) is 27.6 Å². The Morgan fingerprint density at radius 3 is 2.33 bits per heavy atom. The summed E-state index contributed by atoms with van der Waals surface area (Å²) >= 11 is 3.07. The average Bonchev–Trinajstić information content (AvgIpc) is 2.37. The van der Waals surface area contributed by atoms with Crippen molar-refractivity contribution in [3.63, 3.8) is 0 Å². The van der Waals surface area contributed by atoms with E-state index in [4.69, 9.17) is 15.4 Å². The van der Waals surface area contributed by atoms with Gasteiger partial charge in [0.2, 0.25) is 10.0 Å². The maximum atomic E-state index is 12.2. The van der Waals surface area contributed by atoms with Gasteiger partial charge in [-0.1, -0.05) is 0 Å². The number of anilines is 1. The third kappa shape index (κ3) is 4.32. The Hall–Kier alpha value is -0.350. The predicted molar refractivity (Wildman–Crippen MR) is 83.6 cm³/mol. The molecular weight excluding hydrogens is 406 g/mol. The van der Waals surface area contributed by atoms with Crippen LogP contribution in [0, 0.1) is 0 Å². The zero-order valence-electron chi connectivity index (χ0n) is 10.8. The van der Waals surface area contributed by atoms with Gasteiger partial charge in [-0.05, 0) is 47.0 Å². The van der Waals surface area contributed by atoms with Crippen LogP contribution in [0.25, 0.3) is 0 Å². The Morgan fingerprint density at radius 2 is 1.81 bits per heavy atom. The van der Waals surface area contributed by atoms with Crippen LogP contribution < -0.4 is 4.72 Å². The van der Waals surface area contributed by atoms with Gasteiger partial charge in [0.15, 0.2) is 0 Å². The molecule has 21 heavy (non-hydrogen) atoms. The first-order chi connectivity index (χ1) is 9.70. The fraction of sp³-hybridized carbons (Fsp3) is 0.455. The van der Waals surface area contributed by atoms with Crippen LogP contribution in [0.5, 0.6) is 0 Å². The smallest absolute Gasteiger partial charge is 0.262 e. The quantitative estimate of drug-likeness (QED) is 0.758. The molecule has 1 aromatic carbocycles. The van der Waals surface area contributed by atoms with Gasteiger partial charge in [0.1, 0.15) is 0 Å². The van der Waals surface area contributed by atoms with E-state index < -0.39 is 24.3 Å². The summed E-state index contributed by atoms with van der Waals surface area (Å²) < 4.78 is 54.8. The molecule has 0 saturated carbocycles. The average molecular weight is 419 g/mol. The summed E-state index contributed by atoms with van der Waals surface area (Å²) in [7, 11) is -2.16. The minimum Gasteiger partial charge on any atom is -0.381 e. The van der Waals surface area contributed by atoms with Crippen LogP contribution in [0.1, 0.15) is 12.8 Å². The van der Waals surface area contributed by atoms with Gasteiger partial charge in [-0.25, -0.2) is 16.8 Å². The lowest BCUT2D eigenvalue weighted by Gasteiger charge is -2.22. The van der Waals surface area contributed by atoms with E-state index in [0.29, 0.717) is 26.1 Å². The lowest BCUT2D eigenvalue weighted by Crippen LogP contribution is -2.33. The molecule has 1 saturated heterocycles. The van der Waals surface area contributed by atoms with Gasteiger partial charge in [-0.2, -0.15) is 0 Å². The van der Waals surface area contributed by atoms with Crippen molar-refractivity contribution >= 4 is 51.4 Å². The molecule has 1 heterocycles. The lowest BCUT2D eigenvalue weighted by molar-refractivity contribution is 0.0984. The van der Waals surface area contributed by atoms with Gasteiger partial charge in [0.05, 0.1) is 10.1 Å². The van der Waals surface area contributed by atoms with Crippen molar-refractivity contribution < 1.29 is 21.6 Å². The number of hydrogen-bond acceptors (Lipinski definition) is 5. The SMILES string of the molecule is O=S(=O)(Cl)c1ccc(NS(=O)(=O)C2CCOCC2)cc1Br. The second kappa shape index (κ2) is 6.41. The third-order valence-corrected chi connectivity index (χ3v) is 7.23. The van der Waals surface area contributed by atoms with Crippen LogP contribution in [0.4, 0.5) is 5.69 Å². The standard InChI is InChI=1S/C11H13BrClNO5S2/c12-10-7-8(1-2-11(10)20(13,15)16)14-21(17,18)9-3-5-19-6-4-9/h1-2,7,9,14H,3-6H2. The molecule has 1 fully saturated rings. The number of ether oxygens (including phenoxy) is 1. The molecule has 1 aliphatic rings. The summed E-state index contributed by atoms with van der Waals surface area (Å²) in [4.78, 5) is -0.113. The minimum absolute atomic E-state index is 0.113. The van der Waals surface area contributed by atoms with E-state index in [1.54, 1.807) is 0 Å². The second-order valence-electron chi connectivity index (χ2n) is 4.54. The number of sulfonamides is 1. The highest BCUT2D eigenvalue weighted by Gasteiger charge is 2.28. The zero-order valence-corrected chi connectivity index (χ0v) is 14.7. The zero-order chi connectivity index (χ0) is 15.7. The first-order valence-corrected chi connectivity index (χ1v) is 10.7. The first-order valence-electron chi connectivity index (χ1n) is 6.04. The Labute approximate surface area is 136 Å². The molecule has 0 amide bonds. The molecule has 6 nitrogen and oxygen atoms in total. The molecule has 1 N–H and O–H groups in total. The number of benzene rings is 1. The number of nitrogens with one attached hydrogen (secondary N) is 1. The molecule has 1 aliphatic heterocycles. The molecule has 118 valence electrons. The van der Waals surface area contributed by atoms with Crippen molar-refractivity contribution in [2.24, 2.45) is 0 Å². The van der Waals surface area contributed by atoms with Gasteiger partial charge >= 0.3 is 0 Å². The van der Waals surface area contributed by atoms with Crippen molar-refractivity contribution in [3.8, 4) is 0 Å². The molecule has 0 unspecified atom stereocenters. The van der Waals surface area contributed by atoms with Crippen molar-refractivity contribution in [1.82, 2.24) is 0 Å². The highest BCUT2D eigenvalue weighted by atomic mass is 79.9. The van der Waals surface area contributed by atoms with Crippen molar-refractivity contribution in [2.45, 2.75) is 23.0 Å². The fourth-order valence-corrected chi connectivity index (χ4v) is 5.65. The molecule has 1 aromatic rings. The largest absolute Gasteiger partial charge is 0.381 e.